The van der Waals surface area contributed by atoms with E-state index in [-0.39, 0.29) is 6.10 Å². The molecule has 1 aromatic carbocycles. The molecule has 2 atom stereocenters. The molecular formula is C17H24O. The van der Waals surface area contributed by atoms with Crippen LogP contribution in [0.1, 0.15) is 74.3 Å². The lowest BCUT2D eigenvalue weighted by atomic mass is 9.74. The maximum Gasteiger partial charge on any atom is 0.0608 e. The topological polar surface area (TPSA) is 20.2 Å². The second kappa shape index (κ2) is 5.44. The Morgan fingerprint density at radius 2 is 1.50 bits per heavy atom. The van der Waals surface area contributed by atoms with Crippen molar-refractivity contribution in [2.45, 2.75) is 69.3 Å². The molecule has 0 saturated heterocycles. The van der Waals surface area contributed by atoms with Gasteiger partial charge in [-0.3, -0.25) is 0 Å². The van der Waals surface area contributed by atoms with E-state index in [1.54, 1.807) is 0 Å². The van der Waals surface area contributed by atoms with Gasteiger partial charge in [0.1, 0.15) is 0 Å². The summed E-state index contributed by atoms with van der Waals surface area (Å²) in [6, 6.07) is 8.89. The van der Waals surface area contributed by atoms with Gasteiger partial charge in [0, 0.05) is 5.92 Å². The zero-order chi connectivity index (χ0) is 12.4. The normalized spacial score (nSPS) is 29.6. The van der Waals surface area contributed by atoms with Gasteiger partial charge in [-0.1, -0.05) is 49.9 Å². The minimum Gasteiger partial charge on any atom is -0.392 e. The molecule has 0 aliphatic heterocycles. The first kappa shape index (κ1) is 12.2. The second-order valence-corrected chi connectivity index (χ2v) is 6.07. The minimum atomic E-state index is -0.117. The van der Waals surface area contributed by atoms with Crippen molar-refractivity contribution in [2.75, 3.05) is 0 Å². The van der Waals surface area contributed by atoms with Crippen LogP contribution in [-0.2, 0) is 0 Å². The molecule has 0 heterocycles. The Morgan fingerprint density at radius 3 is 2.22 bits per heavy atom. The highest BCUT2D eigenvalue weighted by Gasteiger charge is 2.29. The number of aliphatic hydroxyl groups excluding tert-OH is 1. The van der Waals surface area contributed by atoms with E-state index in [0.717, 1.165) is 12.3 Å². The fourth-order valence-corrected chi connectivity index (χ4v) is 3.59. The quantitative estimate of drug-likeness (QED) is 0.766. The maximum atomic E-state index is 10.4. The summed E-state index contributed by atoms with van der Waals surface area (Å²) in [6.45, 7) is 0. The van der Waals surface area contributed by atoms with Crippen molar-refractivity contribution in [3.05, 3.63) is 35.4 Å². The maximum absolute atomic E-state index is 10.4. The molecule has 3 rings (SSSR count). The molecule has 2 aliphatic carbocycles. The van der Waals surface area contributed by atoms with Crippen LogP contribution in [0.3, 0.4) is 0 Å². The van der Waals surface area contributed by atoms with Crippen molar-refractivity contribution in [1.82, 2.24) is 0 Å². The predicted molar refractivity (Wildman–Crippen MR) is 74.9 cm³/mol. The van der Waals surface area contributed by atoms with Crippen molar-refractivity contribution in [3.8, 4) is 0 Å². The smallest absolute Gasteiger partial charge is 0.0608 e. The SMILES string of the molecule is OC1CCCCCC1c1ccccc1C1CCC1. The lowest BCUT2D eigenvalue weighted by Crippen LogP contribution is -2.20. The van der Waals surface area contributed by atoms with Crippen LogP contribution >= 0.6 is 0 Å². The third-order valence-corrected chi connectivity index (χ3v) is 4.92. The molecule has 2 saturated carbocycles. The fraction of sp³-hybridized carbons (Fsp3) is 0.647. The summed E-state index contributed by atoms with van der Waals surface area (Å²) in [5.74, 6) is 1.17. The molecule has 1 nitrogen and oxygen atoms in total. The number of benzene rings is 1. The number of aliphatic hydroxyl groups is 1. The van der Waals surface area contributed by atoms with Gasteiger partial charge in [-0.2, -0.15) is 0 Å². The first-order valence-corrected chi connectivity index (χ1v) is 7.63. The van der Waals surface area contributed by atoms with Gasteiger partial charge in [0.05, 0.1) is 6.10 Å². The third kappa shape index (κ3) is 2.33. The zero-order valence-electron chi connectivity index (χ0n) is 11.1. The summed E-state index contributed by atoms with van der Waals surface area (Å²) in [5, 5.41) is 10.4. The molecule has 0 amide bonds. The average Bonchev–Trinajstić information content (AvgIpc) is 2.53. The summed E-state index contributed by atoms with van der Waals surface area (Å²) in [6.07, 6.45) is 9.89. The van der Waals surface area contributed by atoms with Gasteiger partial charge in [-0.05, 0) is 42.7 Å². The van der Waals surface area contributed by atoms with E-state index < -0.39 is 0 Å². The van der Waals surface area contributed by atoms with Gasteiger partial charge in [-0.15, -0.1) is 0 Å². The second-order valence-electron chi connectivity index (χ2n) is 6.07. The van der Waals surface area contributed by atoms with Crippen LogP contribution in [0.2, 0.25) is 0 Å². The molecule has 0 bridgehead atoms. The highest BCUT2D eigenvalue weighted by Crippen LogP contribution is 2.42. The Morgan fingerprint density at radius 1 is 0.778 bits per heavy atom. The highest BCUT2D eigenvalue weighted by atomic mass is 16.3. The number of hydrogen-bond acceptors (Lipinski definition) is 1. The van der Waals surface area contributed by atoms with Gasteiger partial charge in [0.2, 0.25) is 0 Å². The monoisotopic (exact) mass is 244 g/mol. The molecule has 1 aromatic rings. The average molecular weight is 244 g/mol. The molecule has 18 heavy (non-hydrogen) atoms. The van der Waals surface area contributed by atoms with Crippen molar-refractivity contribution in [1.29, 1.82) is 0 Å². The van der Waals surface area contributed by atoms with Crippen LogP contribution in [0, 0.1) is 0 Å². The summed E-state index contributed by atoms with van der Waals surface area (Å²) in [4.78, 5) is 0. The van der Waals surface area contributed by atoms with Crippen LogP contribution < -0.4 is 0 Å². The van der Waals surface area contributed by atoms with Crippen molar-refractivity contribution in [2.24, 2.45) is 0 Å². The van der Waals surface area contributed by atoms with Gasteiger partial charge < -0.3 is 5.11 Å². The zero-order valence-corrected chi connectivity index (χ0v) is 11.1. The first-order chi connectivity index (χ1) is 8.86. The summed E-state index contributed by atoms with van der Waals surface area (Å²) < 4.78 is 0. The molecule has 1 N–H and O–H groups in total. The van der Waals surface area contributed by atoms with E-state index in [1.807, 2.05) is 0 Å². The van der Waals surface area contributed by atoms with Crippen LogP contribution in [0.15, 0.2) is 24.3 Å². The van der Waals surface area contributed by atoms with Gasteiger partial charge in [-0.25, -0.2) is 0 Å². The summed E-state index contributed by atoms with van der Waals surface area (Å²) >= 11 is 0. The van der Waals surface area contributed by atoms with Crippen molar-refractivity contribution >= 4 is 0 Å². The molecule has 0 aromatic heterocycles. The van der Waals surface area contributed by atoms with Gasteiger partial charge >= 0.3 is 0 Å². The van der Waals surface area contributed by atoms with Gasteiger partial charge in [0.25, 0.3) is 0 Å². The molecule has 2 aliphatic rings. The van der Waals surface area contributed by atoms with E-state index in [4.69, 9.17) is 0 Å². The van der Waals surface area contributed by atoms with E-state index in [9.17, 15) is 5.11 Å². The fourth-order valence-electron chi connectivity index (χ4n) is 3.59. The van der Waals surface area contributed by atoms with Crippen molar-refractivity contribution in [3.63, 3.8) is 0 Å². The van der Waals surface area contributed by atoms with E-state index in [0.29, 0.717) is 5.92 Å². The van der Waals surface area contributed by atoms with Crippen LogP contribution in [0.5, 0.6) is 0 Å². The van der Waals surface area contributed by atoms with E-state index in [1.165, 1.54) is 56.1 Å². The molecule has 98 valence electrons. The minimum absolute atomic E-state index is 0.117. The van der Waals surface area contributed by atoms with E-state index >= 15 is 0 Å². The third-order valence-electron chi connectivity index (χ3n) is 4.92. The molecule has 1 heteroatoms. The Hall–Kier alpha value is -0.820. The Kier molecular flexibility index (Phi) is 3.69. The van der Waals surface area contributed by atoms with Crippen LogP contribution in [0.4, 0.5) is 0 Å². The summed E-state index contributed by atoms with van der Waals surface area (Å²) in [5.41, 5.74) is 2.99. The van der Waals surface area contributed by atoms with E-state index in [2.05, 4.69) is 24.3 Å². The lowest BCUT2D eigenvalue weighted by molar-refractivity contribution is 0.134. The molecule has 2 fully saturated rings. The lowest BCUT2D eigenvalue weighted by Gasteiger charge is -2.31. The molecule has 2 unspecified atom stereocenters. The highest BCUT2D eigenvalue weighted by molar-refractivity contribution is 5.35. The Bertz CT molecular complexity index is 394. The Labute approximate surface area is 110 Å². The molecule has 0 spiro atoms. The summed E-state index contributed by atoms with van der Waals surface area (Å²) in [7, 11) is 0. The predicted octanol–water partition coefficient (Wildman–Crippen LogP) is 4.36. The standard InChI is InChI=1S/C17H24O/c18-17-12-3-1-2-11-16(17)15-10-5-4-9-14(15)13-7-6-8-13/h4-5,9-10,13,16-18H,1-3,6-8,11-12H2. The largest absolute Gasteiger partial charge is 0.392 e. The molecule has 0 radical (unpaired) electrons. The Balaban J connectivity index is 1.89. The van der Waals surface area contributed by atoms with Crippen molar-refractivity contribution < 1.29 is 5.11 Å². The number of hydrogen-bond donors (Lipinski definition) is 1. The number of rotatable bonds is 2. The van der Waals surface area contributed by atoms with Crippen LogP contribution in [-0.4, -0.2) is 11.2 Å². The molecular weight excluding hydrogens is 220 g/mol. The first-order valence-electron chi connectivity index (χ1n) is 7.63. The van der Waals surface area contributed by atoms with Gasteiger partial charge in [0.15, 0.2) is 0 Å². The van der Waals surface area contributed by atoms with Crippen LogP contribution in [0.25, 0.3) is 0 Å².